The Morgan fingerprint density at radius 3 is 2.26 bits per heavy atom. The zero-order valence-corrected chi connectivity index (χ0v) is 12.7. The van der Waals surface area contributed by atoms with Crippen LogP contribution in [-0.4, -0.2) is 24.0 Å². The number of likely N-dealkylation sites (tertiary alicyclic amines) is 1. The summed E-state index contributed by atoms with van der Waals surface area (Å²) in [5.74, 6) is 3.65. The molecule has 2 unspecified atom stereocenters. The fraction of sp³-hybridized carbons (Fsp3) is 0.750. The molecule has 0 amide bonds. The molecule has 19 heavy (non-hydrogen) atoms. The van der Waals surface area contributed by atoms with Crippen LogP contribution in [-0.2, 0) is 0 Å². The number of hydrogen-bond donors (Lipinski definition) is 1. The average Bonchev–Trinajstić information content (AvgIpc) is 2.76. The lowest BCUT2D eigenvalue weighted by molar-refractivity contribution is 0.0909. The van der Waals surface area contributed by atoms with Crippen molar-refractivity contribution in [3.05, 3.63) is 23.7 Å². The maximum absolute atomic E-state index is 6.20. The monoisotopic (exact) mass is 264 g/mol. The molecule has 2 N–H and O–H groups in total. The van der Waals surface area contributed by atoms with Crippen molar-refractivity contribution in [3.8, 4) is 0 Å². The van der Waals surface area contributed by atoms with Crippen LogP contribution in [0.2, 0.25) is 0 Å². The van der Waals surface area contributed by atoms with Crippen LogP contribution < -0.4 is 5.73 Å². The van der Waals surface area contributed by atoms with E-state index >= 15 is 0 Å². The number of nitrogens with zero attached hydrogens (tertiary/aromatic N) is 1. The maximum atomic E-state index is 6.20. The predicted molar refractivity (Wildman–Crippen MR) is 79.0 cm³/mol. The Hall–Kier alpha value is -0.800. The van der Waals surface area contributed by atoms with E-state index in [4.69, 9.17) is 10.2 Å². The Morgan fingerprint density at radius 2 is 1.84 bits per heavy atom. The van der Waals surface area contributed by atoms with Crippen LogP contribution in [0.15, 0.2) is 16.5 Å². The Labute approximate surface area is 117 Å². The molecule has 1 aliphatic rings. The van der Waals surface area contributed by atoms with E-state index in [1.54, 1.807) is 0 Å². The van der Waals surface area contributed by atoms with Crippen molar-refractivity contribution in [2.75, 3.05) is 13.1 Å². The molecule has 0 saturated carbocycles. The van der Waals surface area contributed by atoms with Crippen LogP contribution in [0.1, 0.15) is 51.2 Å². The van der Waals surface area contributed by atoms with Crippen molar-refractivity contribution in [3.63, 3.8) is 0 Å². The number of aryl methyl sites for hydroxylation is 1. The first-order valence-corrected chi connectivity index (χ1v) is 7.55. The molecule has 0 radical (unpaired) electrons. The SMILES string of the molecule is Cc1ccc(C(C(C)N)N2CCC(C(C)C)CC2)o1. The van der Waals surface area contributed by atoms with E-state index in [1.807, 2.05) is 13.0 Å². The lowest BCUT2D eigenvalue weighted by Crippen LogP contribution is -2.44. The second-order valence-corrected chi connectivity index (χ2v) is 6.37. The number of piperidine rings is 1. The fourth-order valence-electron chi connectivity index (χ4n) is 3.25. The Morgan fingerprint density at radius 1 is 1.21 bits per heavy atom. The van der Waals surface area contributed by atoms with Gasteiger partial charge in [0.1, 0.15) is 11.5 Å². The van der Waals surface area contributed by atoms with Gasteiger partial charge in [-0.05, 0) is 63.7 Å². The molecule has 0 spiro atoms. The van der Waals surface area contributed by atoms with Crippen LogP contribution in [0.25, 0.3) is 0 Å². The van der Waals surface area contributed by atoms with Crippen LogP contribution in [0.3, 0.4) is 0 Å². The van der Waals surface area contributed by atoms with Crippen LogP contribution in [0.5, 0.6) is 0 Å². The minimum atomic E-state index is 0.0983. The van der Waals surface area contributed by atoms with Crippen LogP contribution >= 0.6 is 0 Å². The van der Waals surface area contributed by atoms with E-state index in [9.17, 15) is 0 Å². The van der Waals surface area contributed by atoms with Gasteiger partial charge in [-0.3, -0.25) is 4.90 Å². The summed E-state index contributed by atoms with van der Waals surface area (Å²) in [5.41, 5.74) is 6.20. The van der Waals surface area contributed by atoms with Gasteiger partial charge in [-0.1, -0.05) is 13.8 Å². The molecule has 2 heterocycles. The highest BCUT2D eigenvalue weighted by molar-refractivity contribution is 5.12. The molecular formula is C16H28N2O. The highest BCUT2D eigenvalue weighted by Gasteiger charge is 2.31. The lowest BCUT2D eigenvalue weighted by Gasteiger charge is -2.39. The van der Waals surface area contributed by atoms with Gasteiger partial charge in [0.25, 0.3) is 0 Å². The Kier molecular flexibility index (Phi) is 4.69. The summed E-state index contributed by atoms with van der Waals surface area (Å²) in [4.78, 5) is 2.50. The molecule has 0 bridgehead atoms. The third-order valence-electron chi connectivity index (χ3n) is 4.46. The van der Waals surface area contributed by atoms with Crippen molar-refractivity contribution in [1.82, 2.24) is 4.90 Å². The van der Waals surface area contributed by atoms with Crippen molar-refractivity contribution in [2.24, 2.45) is 17.6 Å². The molecule has 0 aromatic carbocycles. The van der Waals surface area contributed by atoms with E-state index in [-0.39, 0.29) is 12.1 Å². The van der Waals surface area contributed by atoms with E-state index in [1.165, 1.54) is 12.8 Å². The highest BCUT2D eigenvalue weighted by Crippen LogP contribution is 2.32. The van der Waals surface area contributed by atoms with Gasteiger partial charge in [0, 0.05) is 6.04 Å². The maximum Gasteiger partial charge on any atom is 0.122 e. The molecule has 3 heteroatoms. The predicted octanol–water partition coefficient (Wildman–Crippen LogP) is 3.34. The lowest BCUT2D eigenvalue weighted by atomic mass is 9.85. The van der Waals surface area contributed by atoms with E-state index in [2.05, 4.69) is 31.7 Å². The summed E-state index contributed by atoms with van der Waals surface area (Å²) in [6.45, 7) is 11.0. The smallest absolute Gasteiger partial charge is 0.122 e. The number of rotatable bonds is 4. The van der Waals surface area contributed by atoms with Gasteiger partial charge in [-0.25, -0.2) is 0 Å². The fourth-order valence-corrected chi connectivity index (χ4v) is 3.25. The molecule has 0 aliphatic carbocycles. The quantitative estimate of drug-likeness (QED) is 0.907. The topological polar surface area (TPSA) is 42.4 Å². The van der Waals surface area contributed by atoms with E-state index in [0.29, 0.717) is 0 Å². The number of furan rings is 1. The molecule has 108 valence electrons. The van der Waals surface area contributed by atoms with E-state index in [0.717, 1.165) is 36.4 Å². The molecule has 2 atom stereocenters. The van der Waals surface area contributed by atoms with Crippen LogP contribution in [0, 0.1) is 18.8 Å². The molecule has 1 aromatic heterocycles. The van der Waals surface area contributed by atoms with Crippen molar-refractivity contribution in [2.45, 2.75) is 52.6 Å². The van der Waals surface area contributed by atoms with Gasteiger partial charge in [0.15, 0.2) is 0 Å². The third-order valence-corrected chi connectivity index (χ3v) is 4.46. The number of hydrogen-bond acceptors (Lipinski definition) is 3. The minimum absolute atomic E-state index is 0.0983. The molecular weight excluding hydrogens is 236 g/mol. The summed E-state index contributed by atoms with van der Waals surface area (Å²) in [7, 11) is 0. The van der Waals surface area contributed by atoms with Gasteiger partial charge < -0.3 is 10.2 Å². The largest absolute Gasteiger partial charge is 0.465 e. The molecule has 3 nitrogen and oxygen atoms in total. The first-order chi connectivity index (χ1) is 8.99. The standard InChI is InChI=1S/C16H28N2O/c1-11(2)14-7-9-18(10-8-14)16(13(4)17)15-6-5-12(3)19-15/h5-6,11,13-14,16H,7-10,17H2,1-4H3. The Bertz CT molecular complexity index is 389. The molecule has 1 aliphatic heterocycles. The van der Waals surface area contributed by atoms with E-state index < -0.39 is 0 Å². The normalized spacial score (nSPS) is 21.8. The van der Waals surface area contributed by atoms with Gasteiger partial charge in [-0.15, -0.1) is 0 Å². The molecule has 1 saturated heterocycles. The third kappa shape index (κ3) is 3.40. The molecule has 1 aromatic rings. The number of nitrogens with two attached hydrogens (primary N) is 1. The minimum Gasteiger partial charge on any atom is -0.465 e. The first-order valence-electron chi connectivity index (χ1n) is 7.55. The van der Waals surface area contributed by atoms with Crippen molar-refractivity contribution in [1.29, 1.82) is 0 Å². The summed E-state index contributed by atoms with van der Waals surface area (Å²) in [5, 5.41) is 0. The zero-order valence-electron chi connectivity index (χ0n) is 12.7. The molecule has 2 rings (SSSR count). The van der Waals surface area contributed by atoms with Crippen LogP contribution in [0.4, 0.5) is 0 Å². The van der Waals surface area contributed by atoms with Gasteiger partial charge in [-0.2, -0.15) is 0 Å². The summed E-state index contributed by atoms with van der Waals surface area (Å²) >= 11 is 0. The summed E-state index contributed by atoms with van der Waals surface area (Å²) in [6, 6.07) is 4.44. The van der Waals surface area contributed by atoms with Gasteiger partial charge >= 0.3 is 0 Å². The highest BCUT2D eigenvalue weighted by atomic mass is 16.3. The summed E-state index contributed by atoms with van der Waals surface area (Å²) < 4.78 is 5.81. The second kappa shape index (κ2) is 6.10. The average molecular weight is 264 g/mol. The van der Waals surface area contributed by atoms with Crippen molar-refractivity contribution < 1.29 is 4.42 Å². The first kappa shape index (κ1) is 14.6. The molecule has 1 fully saturated rings. The second-order valence-electron chi connectivity index (χ2n) is 6.37. The zero-order chi connectivity index (χ0) is 14.0. The summed E-state index contributed by atoms with van der Waals surface area (Å²) in [6.07, 6.45) is 2.56. The van der Waals surface area contributed by atoms with Gasteiger partial charge in [0.05, 0.1) is 6.04 Å². The Balaban J connectivity index is 2.05. The van der Waals surface area contributed by atoms with Crippen molar-refractivity contribution >= 4 is 0 Å². The van der Waals surface area contributed by atoms with Gasteiger partial charge in [0.2, 0.25) is 0 Å².